The summed E-state index contributed by atoms with van der Waals surface area (Å²) in [5.41, 5.74) is 5.41. The van der Waals surface area contributed by atoms with Gasteiger partial charge in [0, 0.05) is 18.4 Å². The van der Waals surface area contributed by atoms with Gasteiger partial charge < -0.3 is 16.2 Å². The molecule has 3 unspecified atom stereocenters. The molecule has 1 amide bonds. The van der Waals surface area contributed by atoms with Gasteiger partial charge >= 0.3 is 0 Å². The van der Waals surface area contributed by atoms with Gasteiger partial charge in [0.05, 0.1) is 6.10 Å². The Morgan fingerprint density at radius 3 is 2.81 bits per heavy atom. The molecule has 4 nitrogen and oxygen atoms in total. The first-order valence-corrected chi connectivity index (χ1v) is 6.31. The fourth-order valence-electron chi connectivity index (χ4n) is 2.21. The van der Waals surface area contributed by atoms with E-state index in [9.17, 15) is 9.90 Å². The van der Waals surface area contributed by atoms with E-state index in [1.807, 2.05) is 6.92 Å². The number of hydrogen-bond donors (Lipinski definition) is 3. The van der Waals surface area contributed by atoms with Gasteiger partial charge in [-0.25, -0.2) is 0 Å². The minimum Gasteiger partial charge on any atom is -0.393 e. The normalized spacial score (nSPS) is 27.4. The SMILES string of the molecule is CC(CCN)C(=O)NCC1CCCCC1O. The van der Waals surface area contributed by atoms with Crippen molar-refractivity contribution in [2.24, 2.45) is 17.6 Å². The van der Waals surface area contributed by atoms with Crippen molar-refractivity contribution < 1.29 is 9.90 Å². The van der Waals surface area contributed by atoms with Gasteiger partial charge in [0.25, 0.3) is 0 Å². The summed E-state index contributed by atoms with van der Waals surface area (Å²) in [6.45, 7) is 3.04. The predicted octanol–water partition coefficient (Wildman–Crippen LogP) is 0.639. The Morgan fingerprint density at radius 1 is 1.50 bits per heavy atom. The van der Waals surface area contributed by atoms with E-state index in [0.29, 0.717) is 13.1 Å². The quantitative estimate of drug-likeness (QED) is 0.646. The lowest BCUT2D eigenvalue weighted by molar-refractivity contribution is -0.125. The van der Waals surface area contributed by atoms with Crippen molar-refractivity contribution in [3.63, 3.8) is 0 Å². The molecule has 0 aromatic heterocycles. The molecular weight excluding hydrogens is 204 g/mol. The molecule has 94 valence electrons. The maximum atomic E-state index is 11.6. The summed E-state index contributed by atoms with van der Waals surface area (Å²) in [6.07, 6.45) is 4.65. The molecule has 1 saturated carbocycles. The number of rotatable bonds is 5. The summed E-state index contributed by atoms with van der Waals surface area (Å²) in [5, 5.41) is 12.7. The van der Waals surface area contributed by atoms with Crippen molar-refractivity contribution in [1.29, 1.82) is 0 Å². The van der Waals surface area contributed by atoms with Gasteiger partial charge in [-0.05, 0) is 25.8 Å². The zero-order valence-corrected chi connectivity index (χ0v) is 10.1. The molecule has 3 atom stereocenters. The molecule has 0 saturated heterocycles. The van der Waals surface area contributed by atoms with Crippen LogP contribution >= 0.6 is 0 Å². The third kappa shape index (κ3) is 4.10. The molecule has 0 aromatic carbocycles. The van der Waals surface area contributed by atoms with Crippen LogP contribution in [0.1, 0.15) is 39.0 Å². The van der Waals surface area contributed by atoms with Crippen molar-refractivity contribution in [2.75, 3.05) is 13.1 Å². The highest BCUT2D eigenvalue weighted by atomic mass is 16.3. The van der Waals surface area contributed by atoms with Crippen LogP contribution in [-0.2, 0) is 4.79 Å². The largest absolute Gasteiger partial charge is 0.393 e. The highest BCUT2D eigenvalue weighted by Gasteiger charge is 2.23. The van der Waals surface area contributed by atoms with Crippen LogP contribution in [0.5, 0.6) is 0 Å². The first kappa shape index (κ1) is 13.5. The zero-order chi connectivity index (χ0) is 12.0. The first-order chi connectivity index (χ1) is 7.65. The van der Waals surface area contributed by atoms with Gasteiger partial charge in [-0.15, -0.1) is 0 Å². The smallest absolute Gasteiger partial charge is 0.222 e. The van der Waals surface area contributed by atoms with E-state index >= 15 is 0 Å². The van der Waals surface area contributed by atoms with Crippen LogP contribution in [-0.4, -0.2) is 30.2 Å². The second kappa shape index (κ2) is 6.86. The van der Waals surface area contributed by atoms with E-state index in [4.69, 9.17) is 5.73 Å². The van der Waals surface area contributed by atoms with E-state index in [-0.39, 0.29) is 23.8 Å². The second-order valence-corrected chi connectivity index (χ2v) is 4.84. The van der Waals surface area contributed by atoms with Gasteiger partial charge in [-0.1, -0.05) is 19.8 Å². The van der Waals surface area contributed by atoms with Crippen LogP contribution in [0.3, 0.4) is 0 Å². The lowest BCUT2D eigenvalue weighted by Crippen LogP contribution is -2.39. The average Bonchev–Trinajstić information content (AvgIpc) is 2.28. The zero-order valence-electron chi connectivity index (χ0n) is 10.1. The molecule has 0 spiro atoms. The van der Waals surface area contributed by atoms with E-state index in [1.54, 1.807) is 0 Å². The highest BCUT2D eigenvalue weighted by Crippen LogP contribution is 2.23. The van der Waals surface area contributed by atoms with Crippen LogP contribution in [0.25, 0.3) is 0 Å². The maximum Gasteiger partial charge on any atom is 0.222 e. The van der Waals surface area contributed by atoms with Crippen molar-refractivity contribution >= 4 is 5.91 Å². The van der Waals surface area contributed by atoms with E-state index in [0.717, 1.165) is 32.1 Å². The van der Waals surface area contributed by atoms with Crippen molar-refractivity contribution in [3.8, 4) is 0 Å². The number of hydrogen-bond acceptors (Lipinski definition) is 3. The summed E-state index contributed by atoms with van der Waals surface area (Å²) in [7, 11) is 0. The number of amides is 1. The lowest BCUT2D eigenvalue weighted by atomic mass is 9.86. The minimum absolute atomic E-state index is 0.0225. The Labute approximate surface area is 97.6 Å². The van der Waals surface area contributed by atoms with Crippen LogP contribution in [0, 0.1) is 11.8 Å². The predicted molar refractivity (Wildman–Crippen MR) is 63.8 cm³/mol. The number of nitrogens with two attached hydrogens (primary N) is 1. The van der Waals surface area contributed by atoms with Crippen LogP contribution < -0.4 is 11.1 Å². The Kier molecular flexibility index (Phi) is 5.77. The molecule has 1 fully saturated rings. The maximum absolute atomic E-state index is 11.6. The number of aliphatic hydroxyl groups excluding tert-OH is 1. The minimum atomic E-state index is -0.237. The van der Waals surface area contributed by atoms with Crippen LogP contribution in [0.15, 0.2) is 0 Å². The van der Waals surface area contributed by atoms with Crippen LogP contribution in [0.4, 0.5) is 0 Å². The van der Waals surface area contributed by atoms with E-state index in [1.165, 1.54) is 0 Å². The molecule has 1 aliphatic carbocycles. The van der Waals surface area contributed by atoms with Crippen molar-refractivity contribution in [2.45, 2.75) is 45.1 Å². The fraction of sp³-hybridized carbons (Fsp3) is 0.917. The first-order valence-electron chi connectivity index (χ1n) is 6.31. The molecule has 16 heavy (non-hydrogen) atoms. The standard InChI is InChI=1S/C12H24N2O2/c1-9(6-7-13)12(16)14-8-10-4-2-3-5-11(10)15/h9-11,15H,2-8,13H2,1H3,(H,14,16). The van der Waals surface area contributed by atoms with Gasteiger partial charge in [-0.2, -0.15) is 0 Å². The summed E-state index contributed by atoms with van der Waals surface area (Å²) < 4.78 is 0. The third-order valence-electron chi connectivity index (χ3n) is 3.45. The third-order valence-corrected chi connectivity index (χ3v) is 3.45. The number of carbonyl (C=O) groups is 1. The fourth-order valence-corrected chi connectivity index (χ4v) is 2.21. The Morgan fingerprint density at radius 2 is 2.19 bits per heavy atom. The van der Waals surface area contributed by atoms with E-state index in [2.05, 4.69) is 5.32 Å². The summed E-state index contributed by atoms with van der Waals surface area (Å²) in [4.78, 5) is 11.6. The molecule has 0 heterocycles. The van der Waals surface area contributed by atoms with Crippen molar-refractivity contribution in [3.05, 3.63) is 0 Å². The molecule has 0 aromatic rings. The van der Waals surface area contributed by atoms with Crippen molar-refractivity contribution in [1.82, 2.24) is 5.32 Å². The Bertz CT molecular complexity index is 221. The van der Waals surface area contributed by atoms with Crippen LogP contribution in [0.2, 0.25) is 0 Å². The molecule has 4 N–H and O–H groups in total. The molecule has 0 radical (unpaired) electrons. The van der Waals surface area contributed by atoms with E-state index < -0.39 is 0 Å². The van der Waals surface area contributed by atoms with Gasteiger partial charge in [0.2, 0.25) is 5.91 Å². The Hall–Kier alpha value is -0.610. The summed E-state index contributed by atoms with van der Waals surface area (Å²) >= 11 is 0. The topological polar surface area (TPSA) is 75.4 Å². The van der Waals surface area contributed by atoms with Gasteiger partial charge in [0.1, 0.15) is 0 Å². The van der Waals surface area contributed by atoms with Gasteiger partial charge in [-0.3, -0.25) is 4.79 Å². The highest BCUT2D eigenvalue weighted by molar-refractivity contribution is 5.78. The Balaban J connectivity index is 2.24. The number of carbonyl (C=O) groups excluding carboxylic acids is 1. The molecular formula is C12H24N2O2. The molecule has 4 heteroatoms. The molecule has 0 bridgehead atoms. The molecule has 1 aliphatic rings. The molecule has 0 aliphatic heterocycles. The monoisotopic (exact) mass is 228 g/mol. The average molecular weight is 228 g/mol. The lowest BCUT2D eigenvalue weighted by Gasteiger charge is -2.28. The number of aliphatic hydroxyl groups is 1. The number of nitrogens with one attached hydrogen (secondary N) is 1. The second-order valence-electron chi connectivity index (χ2n) is 4.84. The molecule has 1 rings (SSSR count). The van der Waals surface area contributed by atoms with Gasteiger partial charge in [0.15, 0.2) is 0 Å². The summed E-state index contributed by atoms with van der Waals surface area (Å²) in [5.74, 6) is 0.275. The summed E-state index contributed by atoms with van der Waals surface area (Å²) in [6, 6.07) is 0.